The molecular weight excluding hydrogens is 536 g/mol. The van der Waals surface area contributed by atoms with Crippen LogP contribution in [0.1, 0.15) is 12.8 Å². The Morgan fingerprint density at radius 1 is 0.725 bits per heavy atom. The van der Waals surface area contributed by atoms with Crippen LogP contribution in [0.4, 0.5) is 0 Å². The van der Waals surface area contributed by atoms with Crippen LogP contribution < -0.4 is 34.4 Å². The lowest BCUT2D eigenvalue weighted by molar-refractivity contribution is -0.282. The van der Waals surface area contributed by atoms with E-state index in [-0.39, 0.29) is 19.5 Å². The van der Waals surface area contributed by atoms with Gasteiger partial charge in [-0.1, -0.05) is 0 Å². The zero-order chi connectivity index (χ0) is 29.3. The fraction of sp³-hybridized carbons (Fsp3) is 0.913. The summed E-state index contributed by atoms with van der Waals surface area (Å²) in [5.41, 5.74) is 35.9. The normalized spacial score (nSPS) is 49.9. The minimum atomic E-state index is -1.53. The Hall–Kier alpha value is -1.10. The van der Waals surface area contributed by atoms with Crippen LogP contribution in [-0.4, -0.2) is 143 Å². The fourth-order valence-electron chi connectivity index (χ4n) is 5.40. The Morgan fingerprint density at radius 3 is 2.02 bits per heavy atom. The number of rotatable bonds is 9. The minimum absolute atomic E-state index is 0.137. The molecule has 0 unspecified atom stereocenters. The van der Waals surface area contributed by atoms with Gasteiger partial charge in [-0.25, -0.2) is 0 Å². The van der Waals surface area contributed by atoms with E-state index in [0.717, 1.165) is 0 Å². The van der Waals surface area contributed by atoms with Crippen molar-refractivity contribution in [2.45, 2.75) is 111 Å². The van der Waals surface area contributed by atoms with Crippen LogP contribution >= 0.6 is 0 Å². The molecule has 4 rings (SSSR count). The summed E-state index contributed by atoms with van der Waals surface area (Å²) in [6, 6.07) is -3.24. The Labute approximate surface area is 231 Å². The second kappa shape index (κ2) is 13.5. The molecule has 17 heteroatoms. The highest BCUT2D eigenvalue weighted by Gasteiger charge is 2.53. The third-order valence-electron chi connectivity index (χ3n) is 7.83. The van der Waals surface area contributed by atoms with E-state index in [0.29, 0.717) is 12.2 Å². The van der Waals surface area contributed by atoms with Gasteiger partial charge in [0, 0.05) is 18.6 Å². The van der Waals surface area contributed by atoms with Crippen molar-refractivity contribution in [2.75, 3.05) is 19.7 Å². The van der Waals surface area contributed by atoms with Crippen molar-refractivity contribution in [1.82, 2.24) is 0 Å². The Kier molecular flexibility index (Phi) is 10.7. The summed E-state index contributed by atoms with van der Waals surface area (Å²) in [5.74, 6) is 0.490. The van der Waals surface area contributed by atoms with Gasteiger partial charge in [0.05, 0.1) is 31.3 Å². The van der Waals surface area contributed by atoms with E-state index in [1.54, 1.807) is 6.08 Å². The molecule has 2 saturated heterocycles. The predicted molar refractivity (Wildman–Crippen MR) is 135 cm³/mol. The maximum atomic E-state index is 11.1. The SMILES string of the molecule is NCC1=CC[C@@H](N)[C@@H](O[C@H]2[C@H](O[C@@H]3O[C@H](CO)[C@@H](O[C@H]4O[C@@H](CN)[C@@H](O)[C@@H](O)[C@H]4N)[C@H]3O)[C@@H](O)[C@H](N)C[C@@H]2N)O1. The van der Waals surface area contributed by atoms with Crippen molar-refractivity contribution in [3.8, 4) is 0 Å². The van der Waals surface area contributed by atoms with Gasteiger partial charge in [-0.3, -0.25) is 0 Å². The lowest BCUT2D eigenvalue weighted by Crippen LogP contribution is -2.65. The molecule has 0 bridgehead atoms. The lowest BCUT2D eigenvalue weighted by Gasteiger charge is -2.45. The summed E-state index contributed by atoms with van der Waals surface area (Å²) >= 11 is 0. The zero-order valence-electron chi connectivity index (χ0n) is 22.0. The van der Waals surface area contributed by atoms with E-state index in [2.05, 4.69) is 0 Å². The summed E-state index contributed by atoms with van der Waals surface area (Å²) < 4.78 is 35.0. The van der Waals surface area contributed by atoms with E-state index in [1.165, 1.54) is 0 Å². The third kappa shape index (κ3) is 6.45. The van der Waals surface area contributed by atoms with E-state index >= 15 is 0 Å². The van der Waals surface area contributed by atoms with Gasteiger partial charge in [0.1, 0.15) is 54.6 Å². The van der Waals surface area contributed by atoms with Gasteiger partial charge in [0.25, 0.3) is 0 Å². The van der Waals surface area contributed by atoms with Crippen molar-refractivity contribution in [3.05, 3.63) is 11.8 Å². The third-order valence-corrected chi connectivity index (χ3v) is 7.83. The van der Waals surface area contributed by atoms with E-state index in [4.69, 9.17) is 62.8 Å². The number of aliphatic hydroxyl groups excluding tert-OH is 5. The number of hydrogen-bond donors (Lipinski definition) is 11. The molecule has 16 atom stereocenters. The number of aliphatic hydroxyl groups is 5. The minimum Gasteiger partial charge on any atom is -0.467 e. The molecule has 0 aromatic rings. The molecule has 1 aliphatic carbocycles. The molecule has 3 fully saturated rings. The van der Waals surface area contributed by atoms with Gasteiger partial charge in [0.15, 0.2) is 12.6 Å². The van der Waals surface area contributed by atoms with Gasteiger partial charge >= 0.3 is 0 Å². The highest BCUT2D eigenvalue weighted by Crippen LogP contribution is 2.34. The van der Waals surface area contributed by atoms with Crippen LogP contribution in [-0.2, 0) is 28.4 Å². The van der Waals surface area contributed by atoms with Crippen LogP contribution in [0.5, 0.6) is 0 Å². The van der Waals surface area contributed by atoms with Crippen molar-refractivity contribution in [1.29, 1.82) is 0 Å². The molecule has 0 radical (unpaired) electrons. The van der Waals surface area contributed by atoms with E-state index < -0.39 is 105 Å². The second-order valence-corrected chi connectivity index (χ2v) is 10.7. The Morgan fingerprint density at radius 2 is 1.38 bits per heavy atom. The number of ether oxygens (including phenoxy) is 6. The number of nitrogens with two attached hydrogens (primary N) is 6. The monoisotopic (exact) mass is 580 g/mol. The molecule has 0 amide bonds. The van der Waals surface area contributed by atoms with Gasteiger partial charge < -0.3 is 88.4 Å². The molecule has 0 aromatic heterocycles. The molecule has 3 heterocycles. The van der Waals surface area contributed by atoms with Crippen molar-refractivity contribution in [2.24, 2.45) is 34.4 Å². The second-order valence-electron chi connectivity index (χ2n) is 10.7. The molecule has 40 heavy (non-hydrogen) atoms. The molecule has 0 aromatic carbocycles. The first-order chi connectivity index (χ1) is 19.0. The molecule has 17 N–H and O–H groups in total. The first-order valence-corrected chi connectivity index (χ1v) is 13.4. The summed E-state index contributed by atoms with van der Waals surface area (Å²) in [5, 5.41) is 52.4. The van der Waals surface area contributed by atoms with Crippen molar-refractivity contribution < 1.29 is 54.0 Å². The van der Waals surface area contributed by atoms with Gasteiger partial charge in [-0.2, -0.15) is 0 Å². The maximum absolute atomic E-state index is 11.1. The first-order valence-electron chi connectivity index (χ1n) is 13.4. The summed E-state index contributed by atoms with van der Waals surface area (Å²) in [6.45, 7) is -0.596. The van der Waals surface area contributed by atoms with Gasteiger partial charge in [-0.05, 0) is 18.9 Å². The highest BCUT2D eigenvalue weighted by molar-refractivity contribution is 5.04. The van der Waals surface area contributed by atoms with Crippen molar-refractivity contribution in [3.63, 3.8) is 0 Å². The molecule has 1 saturated carbocycles. The van der Waals surface area contributed by atoms with Crippen LogP contribution in [0.25, 0.3) is 0 Å². The number of hydrogen-bond acceptors (Lipinski definition) is 17. The topological polar surface area (TPSA) is 313 Å². The van der Waals surface area contributed by atoms with E-state index in [9.17, 15) is 25.5 Å². The Balaban J connectivity index is 1.48. The molecule has 3 aliphatic heterocycles. The van der Waals surface area contributed by atoms with Crippen LogP contribution in [0.2, 0.25) is 0 Å². The quantitative estimate of drug-likeness (QED) is 0.121. The fourth-order valence-corrected chi connectivity index (χ4v) is 5.40. The van der Waals surface area contributed by atoms with Crippen LogP contribution in [0.15, 0.2) is 11.8 Å². The van der Waals surface area contributed by atoms with Crippen molar-refractivity contribution >= 4 is 0 Å². The molecular formula is C23H44N6O11. The average molecular weight is 581 g/mol. The molecule has 17 nitrogen and oxygen atoms in total. The smallest absolute Gasteiger partial charge is 0.215 e. The van der Waals surface area contributed by atoms with Crippen LogP contribution in [0.3, 0.4) is 0 Å². The highest BCUT2D eigenvalue weighted by atomic mass is 16.8. The van der Waals surface area contributed by atoms with Gasteiger partial charge in [-0.15, -0.1) is 0 Å². The summed E-state index contributed by atoms with van der Waals surface area (Å²) in [4.78, 5) is 0. The summed E-state index contributed by atoms with van der Waals surface area (Å²) in [7, 11) is 0. The maximum Gasteiger partial charge on any atom is 0.215 e. The van der Waals surface area contributed by atoms with Crippen LogP contribution in [0, 0.1) is 0 Å². The molecule has 232 valence electrons. The van der Waals surface area contributed by atoms with E-state index in [1.807, 2.05) is 0 Å². The Bertz CT molecular complexity index is 860. The average Bonchev–Trinajstić information content (AvgIpc) is 3.23. The molecule has 0 spiro atoms. The predicted octanol–water partition coefficient (Wildman–Crippen LogP) is -6.71. The zero-order valence-corrected chi connectivity index (χ0v) is 22.0. The van der Waals surface area contributed by atoms with Gasteiger partial charge in [0.2, 0.25) is 6.29 Å². The first kappa shape index (κ1) is 31.8. The standard InChI is InChI=1S/C23H44N6O11/c24-4-7-1-2-8(26)21(35-7)38-18-10(28)3-9(27)14(31)20(18)40-23-17(34)19(12(6-30)37-23)39-22-13(29)16(33)15(32)11(5-25)36-22/h1,8-23,30-34H,2-6,24-29H2/t8-,9-,10+,11+,12-,13-,14+,15-,16+,17-,18-,19-,20-,21-,22-,23+/m1/s1. The largest absolute Gasteiger partial charge is 0.467 e. The molecule has 4 aliphatic rings. The lowest BCUT2D eigenvalue weighted by atomic mass is 9.84. The summed E-state index contributed by atoms with van der Waals surface area (Å²) in [6.07, 6.45) is -12.4.